The van der Waals surface area contributed by atoms with Gasteiger partial charge in [0.2, 0.25) is 21.8 Å². The molecule has 3 aromatic carbocycles. The van der Waals surface area contributed by atoms with Crippen LogP contribution in [-0.2, 0) is 39.2 Å². The molecule has 0 spiro atoms. The van der Waals surface area contributed by atoms with Gasteiger partial charge in [-0.25, -0.2) is 12.8 Å². The van der Waals surface area contributed by atoms with E-state index in [1.807, 2.05) is 6.07 Å². The van der Waals surface area contributed by atoms with Crippen LogP contribution in [0.25, 0.3) is 0 Å². The summed E-state index contributed by atoms with van der Waals surface area (Å²) in [5, 5.41) is 2.86. The van der Waals surface area contributed by atoms with Crippen LogP contribution in [0.3, 0.4) is 0 Å². The Balaban J connectivity index is 1.69. The molecule has 1 N–H and O–H groups in total. The zero-order valence-corrected chi connectivity index (χ0v) is 23.4. The van der Waals surface area contributed by atoms with Crippen LogP contribution < -0.4 is 5.32 Å². The number of rotatable bonds is 12. The van der Waals surface area contributed by atoms with Crippen molar-refractivity contribution in [1.29, 1.82) is 0 Å². The Kier molecular flexibility index (Phi) is 9.94. The van der Waals surface area contributed by atoms with Crippen molar-refractivity contribution in [2.24, 2.45) is 0 Å². The van der Waals surface area contributed by atoms with Crippen LogP contribution >= 0.6 is 0 Å². The summed E-state index contributed by atoms with van der Waals surface area (Å²) in [4.78, 5) is 33.3. The molecule has 0 fully saturated rings. The van der Waals surface area contributed by atoms with Gasteiger partial charge in [-0.05, 0) is 41.0 Å². The van der Waals surface area contributed by atoms with E-state index < -0.39 is 40.2 Å². The van der Waals surface area contributed by atoms with Gasteiger partial charge in [0.05, 0.1) is 25.0 Å². The molecule has 1 heterocycles. The lowest BCUT2D eigenvalue weighted by molar-refractivity contribution is -0.141. The minimum atomic E-state index is -3.80. The number of halogens is 1. The Morgan fingerprint density at radius 3 is 2.05 bits per heavy atom. The highest BCUT2D eigenvalue weighted by Crippen LogP contribution is 2.25. The monoisotopic (exact) mass is 574 g/mol. The molecule has 0 aliphatic carbocycles. The molecule has 4 aromatic rings. The lowest BCUT2D eigenvalue weighted by atomic mass is 10.0. The fourth-order valence-electron chi connectivity index (χ4n) is 4.31. The predicted molar refractivity (Wildman–Crippen MR) is 154 cm³/mol. The van der Waals surface area contributed by atoms with Gasteiger partial charge in [-0.2, -0.15) is 4.31 Å². The maximum atomic E-state index is 14.0. The van der Waals surface area contributed by atoms with Gasteiger partial charge < -0.3 is 10.2 Å². The molecule has 212 valence electrons. The average molecular weight is 575 g/mol. The Hall–Kier alpha value is -4.41. The quantitative estimate of drug-likeness (QED) is 0.275. The van der Waals surface area contributed by atoms with Gasteiger partial charge in [0, 0.05) is 19.3 Å². The van der Waals surface area contributed by atoms with Crippen molar-refractivity contribution >= 4 is 21.8 Å². The highest BCUT2D eigenvalue weighted by molar-refractivity contribution is 7.88. The maximum absolute atomic E-state index is 14.0. The molecule has 4 rings (SSSR count). The molecule has 8 nitrogen and oxygen atoms in total. The zero-order valence-electron chi connectivity index (χ0n) is 22.6. The second kappa shape index (κ2) is 13.8. The molecular formula is C31H31FN4O4S. The first-order chi connectivity index (χ1) is 19.7. The summed E-state index contributed by atoms with van der Waals surface area (Å²) in [6, 6.07) is 27.6. The molecule has 0 aliphatic heterocycles. The molecule has 0 unspecified atom stereocenters. The van der Waals surface area contributed by atoms with Gasteiger partial charge in [-0.3, -0.25) is 14.6 Å². The SMILES string of the molecule is CS(=O)(=O)N(CC(=O)N(Cc1ccc(F)cc1)[C@@H](C(=O)NCc1ccccn1)c1ccccc1)Cc1ccccc1. The van der Waals surface area contributed by atoms with E-state index in [1.165, 1.54) is 29.2 Å². The molecule has 1 atom stereocenters. The summed E-state index contributed by atoms with van der Waals surface area (Å²) in [6.45, 7) is -0.437. The van der Waals surface area contributed by atoms with Gasteiger partial charge >= 0.3 is 0 Å². The van der Waals surface area contributed by atoms with E-state index >= 15 is 0 Å². The first kappa shape index (κ1) is 29.6. The number of hydrogen-bond acceptors (Lipinski definition) is 5. The summed E-state index contributed by atoms with van der Waals surface area (Å²) in [5.41, 5.74) is 2.46. The summed E-state index contributed by atoms with van der Waals surface area (Å²) in [7, 11) is -3.80. The largest absolute Gasteiger partial charge is 0.348 e. The van der Waals surface area contributed by atoms with E-state index in [2.05, 4.69) is 10.3 Å². The minimum absolute atomic E-state index is 0.0162. The van der Waals surface area contributed by atoms with Crippen molar-refractivity contribution in [2.75, 3.05) is 12.8 Å². The van der Waals surface area contributed by atoms with Gasteiger partial charge in [-0.15, -0.1) is 0 Å². The van der Waals surface area contributed by atoms with Crippen LogP contribution in [0.2, 0.25) is 0 Å². The van der Waals surface area contributed by atoms with E-state index in [0.717, 1.165) is 10.6 Å². The molecule has 0 saturated carbocycles. The molecule has 1 aromatic heterocycles. The normalized spacial score (nSPS) is 12.1. The van der Waals surface area contributed by atoms with Crippen LogP contribution in [-0.4, -0.2) is 47.2 Å². The smallest absolute Gasteiger partial charge is 0.247 e. The van der Waals surface area contributed by atoms with Crippen LogP contribution in [0.15, 0.2) is 109 Å². The second-order valence-electron chi connectivity index (χ2n) is 9.52. The standard InChI is InChI=1S/C31H31FN4O4S/c1-41(39,40)35(21-24-10-4-2-5-11-24)23-29(37)36(22-25-15-17-27(32)18-16-25)30(26-12-6-3-7-13-26)31(38)34-20-28-14-8-9-19-33-28/h2-19,30H,20-23H2,1H3,(H,34,38)/t30-/m1/s1. The molecule has 2 amide bonds. The topological polar surface area (TPSA) is 99.7 Å². The first-order valence-electron chi connectivity index (χ1n) is 13.0. The highest BCUT2D eigenvalue weighted by Gasteiger charge is 2.33. The highest BCUT2D eigenvalue weighted by atomic mass is 32.2. The zero-order chi connectivity index (χ0) is 29.2. The average Bonchev–Trinajstić information content (AvgIpc) is 2.97. The number of aromatic nitrogens is 1. The first-order valence-corrected chi connectivity index (χ1v) is 14.8. The van der Waals surface area contributed by atoms with E-state index in [9.17, 15) is 22.4 Å². The fourth-order valence-corrected chi connectivity index (χ4v) is 5.04. The van der Waals surface area contributed by atoms with Crippen molar-refractivity contribution in [3.8, 4) is 0 Å². The predicted octanol–water partition coefficient (Wildman–Crippen LogP) is 4.07. The van der Waals surface area contributed by atoms with Gasteiger partial charge in [0.25, 0.3) is 0 Å². The molecule has 41 heavy (non-hydrogen) atoms. The molecule has 0 radical (unpaired) electrons. The lowest BCUT2D eigenvalue weighted by Crippen LogP contribution is -2.47. The molecular weight excluding hydrogens is 543 g/mol. The number of carbonyl (C=O) groups is 2. The Morgan fingerprint density at radius 2 is 1.44 bits per heavy atom. The summed E-state index contributed by atoms with van der Waals surface area (Å²) in [5.74, 6) is -1.49. The number of nitrogens with one attached hydrogen (secondary N) is 1. The lowest BCUT2D eigenvalue weighted by Gasteiger charge is -2.33. The van der Waals surface area contributed by atoms with Crippen molar-refractivity contribution in [2.45, 2.75) is 25.7 Å². The fraction of sp³-hybridized carbons (Fsp3) is 0.194. The number of carbonyl (C=O) groups excluding carboxylic acids is 2. The third kappa shape index (κ3) is 8.54. The van der Waals surface area contributed by atoms with Crippen LogP contribution in [0.1, 0.15) is 28.4 Å². The van der Waals surface area contributed by atoms with Gasteiger partial charge in [0.1, 0.15) is 11.9 Å². The summed E-state index contributed by atoms with van der Waals surface area (Å²) < 4.78 is 40.3. The van der Waals surface area contributed by atoms with E-state index in [4.69, 9.17) is 0 Å². The number of pyridine rings is 1. The third-order valence-corrected chi connectivity index (χ3v) is 7.61. The molecule has 0 bridgehead atoms. The minimum Gasteiger partial charge on any atom is -0.348 e. The second-order valence-corrected chi connectivity index (χ2v) is 11.5. The Bertz CT molecular complexity index is 1540. The number of hydrogen-bond donors (Lipinski definition) is 1. The van der Waals surface area contributed by atoms with E-state index in [-0.39, 0.29) is 19.6 Å². The van der Waals surface area contributed by atoms with E-state index in [1.54, 1.807) is 79.0 Å². The van der Waals surface area contributed by atoms with Crippen LogP contribution in [0.4, 0.5) is 4.39 Å². The number of benzene rings is 3. The van der Waals surface area contributed by atoms with Crippen molar-refractivity contribution in [3.63, 3.8) is 0 Å². The maximum Gasteiger partial charge on any atom is 0.247 e. The molecule has 10 heteroatoms. The van der Waals surface area contributed by atoms with Crippen molar-refractivity contribution in [1.82, 2.24) is 19.5 Å². The number of nitrogens with zero attached hydrogens (tertiary/aromatic N) is 3. The Labute approximate surface area is 239 Å². The van der Waals surface area contributed by atoms with Crippen molar-refractivity contribution in [3.05, 3.63) is 138 Å². The Morgan fingerprint density at radius 1 is 0.829 bits per heavy atom. The van der Waals surface area contributed by atoms with Gasteiger partial charge in [-0.1, -0.05) is 78.9 Å². The number of sulfonamides is 1. The summed E-state index contributed by atoms with van der Waals surface area (Å²) in [6.07, 6.45) is 2.66. The number of amides is 2. The van der Waals surface area contributed by atoms with Crippen molar-refractivity contribution < 1.29 is 22.4 Å². The molecule has 0 saturated heterocycles. The van der Waals surface area contributed by atoms with Crippen LogP contribution in [0, 0.1) is 5.82 Å². The summed E-state index contributed by atoms with van der Waals surface area (Å²) >= 11 is 0. The van der Waals surface area contributed by atoms with E-state index in [0.29, 0.717) is 22.4 Å². The third-order valence-electron chi connectivity index (χ3n) is 6.41. The van der Waals surface area contributed by atoms with Crippen LogP contribution in [0.5, 0.6) is 0 Å². The molecule has 0 aliphatic rings. The van der Waals surface area contributed by atoms with Gasteiger partial charge in [0.15, 0.2) is 0 Å².